The molecule has 0 bridgehead atoms. The maximum atomic E-state index is 12.9. The van der Waals surface area contributed by atoms with Gasteiger partial charge in [0.1, 0.15) is 0 Å². The molecule has 128 valence electrons. The summed E-state index contributed by atoms with van der Waals surface area (Å²) in [7, 11) is 0. The van der Waals surface area contributed by atoms with Crippen LogP contribution in [0.3, 0.4) is 0 Å². The van der Waals surface area contributed by atoms with E-state index in [4.69, 9.17) is 17.3 Å². The van der Waals surface area contributed by atoms with Gasteiger partial charge < -0.3 is 10.6 Å². The number of hydrogen-bond acceptors (Lipinski definition) is 2. The number of fused-ring (bicyclic) bond motifs is 1. The van der Waals surface area contributed by atoms with Crippen molar-refractivity contribution in [2.45, 2.75) is 25.1 Å². The summed E-state index contributed by atoms with van der Waals surface area (Å²) in [6, 6.07) is 3.38. The topological polar surface area (TPSA) is 46.3 Å². The molecule has 1 aliphatic heterocycles. The summed E-state index contributed by atoms with van der Waals surface area (Å²) in [5.41, 5.74) is 5.06. The largest absolute Gasteiger partial charge is 0.417 e. The second-order valence-corrected chi connectivity index (χ2v) is 6.47. The molecule has 1 amide bonds. The van der Waals surface area contributed by atoms with Crippen molar-refractivity contribution in [1.29, 1.82) is 0 Å². The van der Waals surface area contributed by atoms with Crippen molar-refractivity contribution in [2.75, 3.05) is 13.1 Å². The molecule has 1 saturated heterocycles. The second-order valence-electron chi connectivity index (χ2n) is 6.07. The van der Waals surface area contributed by atoms with Crippen LogP contribution in [0.4, 0.5) is 13.2 Å². The van der Waals surface area contributed by atoms with E-state index >= 15 is 0 Å². The molecule has 8 heteroatoms. The van der Waals surface area contributed by atoms with Gasteiger partial charge in [0.05, 0.1) is 10.6 Å². The maximum absolute atomic E-state index is 12.9. The van der Waals surface area contributed by atoms with Gasteiger partial charge in [0.25, 0.3) is 5.91 Å². The van der Waals surface area contributed by atoms with E-state index in [2.05, 4.69) is 0 Å². The van der Waals surface area contributed by atoms with Crippen molar-refractivity contribution in [2.24, 2.45) is 17.6 Å². The van der Waals surface area contributed by atoms with E-state index in [1.807, 2.05) is 0 Å². The standard InChI is InChI=1S/C15H16ClF3N2O.ClH/c16-12-3-1-8(5-11(12)15(17,18)19)14(22)21-6-9-2-4-13(20)10(9)7-21;/h1,3,5,9-10,13H,2,4,6-7,20H2;1H. The molecule has 2 fully saturated rings. The first-order valence-electron chi connectivity index (χ1n) is 7.19. The molecule has 0 radical (unpaired) electrons. The molecule has 3 rings (SSSR count). The lowest BCUT2D eigenvalue weighted by atomic mass is 9.98. The molecule has 3 atom stereocenters. The van der Waals surface area contributed by atoms with Crippen LogP contribution in [0.15, 0.2) is 18.2 Å². The number of amides is 1. The monoisotopic (exact) mass is 368 g/mol. The van der Waals surface area contributed by atoms with Crippen molar-refractivity contribution < 1.29 is 18.0 Å². The number of nitrogens with zero attached hydrogens (tertiary/aromatic N) is 1. The molecule has 23 heavy (non-hydrogen) atoms. The lowest BCUT2D eigenvalue weighted by Gasteiger charge is -2.19. The lowest BCUT2D eigenvalue weighted by Crippen LogP contribution is -2.33. The Morgan fingerprint density at radius 3 is 2.57 bits per heavy atom. The van der Waals surface area contributed by atoms with Crippen LogP contribution in [-0.2, 0) is 6.18 Å². The zero-order chi connectivity index (χ0) is 16.1. The van der Waals surface area contributed by atoms with Crippen LogP contribution in [0.1, 0.15) is 28.8 Å². The fraction of sp³-hybridized carbons (Fsp3) is 0.533. The third kappa shape index (κ3) is 3.44. The summed E-state index contributed by atoms with van der Waals surface area (Å²) in [5.74, 6) is 0.246. The van der Waals surface area contributed by atoms with Gasteiger partial charge in [0.15, 0.2) is 0 Å². The molecule has 3 unspecified atom stereocenters. The average molecular weight is 369 g/mol. The van der Waals surface area contributed by atoms with Gasteiger partial charge >= 0.3 is 6.18 Å². The minimum atomic E-state index is -4.57. The first-order valence-corrected chi connectivity index (χ1v) is 7.57. The number of carbonyl (C=O) groups excluding carboxylic acids is 1. The van der Waals surface area contributed by atoms with Gasteiger partial charge in [-0.1, -0.05) is 11.6 Å². The molecule has 1 heterocycles. The van der Waals surface area contributed by atoms with Gasteiger partial charge in [0, 0.05) is 24.7 Å². The third-order valence-electron chi connectivity index (χ3n) is 4.72. The molecule has 1 aromatic carbocycles. The van der Waals surface area contributed by atoms with Crippen molar-refractivity contribution in [3.63, 3.8) is 0 Å². The minimum Gasteiger partial charge on any atom is -0.338 e. The normalized spacial score (nSPS) is 26.8. The van der Waals surface area contributed by atoms with Crippen LogP contribution in [-0.4, -0.2) is 29.9 Å². The van der Waals surface area contributed by atoms with E-state index in [-0.39, 0.29) is 35.8 Å². The Balaban J connectivity index is 0.00000192. The Labute approximate surface area is 143 Å². The molecule has 0 spiro atoms. The number of likely N-dealkylation sites (tertiary alicyclic amines) is 1. The van der Waals surface area contributed by atoms with Crippen LogP contribution < -0.4 is 5.73 Å². The number of nitrogens with two attached hydrogens (primary N) is 1. The Hall–Kier alpha value is -0.980. The highest BCUT2D eigenvalue weighted by molar-refractivity contribution is 6.31. The Morgan fingerprint density at radius 1 is 1.26 bits per heavy atom. The summed E-state index contributed by atoms with van der Waals surface area (Å²) >= 11 is 5.58. The number of carbonyl (C=O) groups is 1. The molecule has 1 aliphatic carbocycles. The first kappa shape index (κ1) is 18.4. The van der Waals surface area contributed by atoms with Crippen molar-refractivity contribution >= 4 is 29.9 Å². The molecule has 1 aromatic rings. The van der Waals surface area contributed by atoms with E-state index in [1.165, 1.54) is 6.07 Å². The van der Waals surface area contributed by atoms with Crippen molar-refractivity contribution in [3.8, 4) is 0 Å². The third-order valence-corrected chi connectivity index (χ3v) is 5.05. The Bertz CT molecular complexity index is 609. The second kappa shape index (κ2) is 6.49. The molecule has 2 N–H and O–H groups in total. The van der Waals surface area contributed by atoms with Gasteiger partial charge in [-0.15, -0.1) is 12.4 Å². The van der Waals surface area contributed by atoms with Crippen LogP contribution in [0, 0.1) is 11.8 Å². The summed E-state index contributed by atoms with van der Waals surface area (Å²) < 4.78 is 38.6. The molecule has 0 aromatic heterocycles. The number of benzene rings is 1. The Morgan fingerprint density at radius 2 is 1.96 bits per heavy atom. The fourth-order valence-electron chi connectivity index (χ4n) is 3.53. The van der Waals surface area contributed by atoms with Gasteiger partial charge in [-0.25, -0.2) is 0 Å². The zero-order valence-electron chi connectivity index (χ0n) is 12.1. The van der Waals surface area contributed by atoms with E-state index in [0.717, 1.165) is 25.0 Å². The van der Waals surface area contributed by atoms with Gasteiger partial charge in [-0.3, -0.25) is 4.79 Å². The Kier molecular flexibility index (Phi) is 5.18. The SMILES string of the molecule is Cl.NC1CCC2CN(C(=O)c3ccc(Cl)c(C(F)(F)F)c3)CC12. The summed E-state index contributed by atoms with van der Waals surface area (Å²) in [5, 5.41) is -0.399. The summed E-state index contributed by atoms with van der Waals surface area (Å²) in [6.45, 7) is 1.09. The van der Waals surface area contributed by atoms with E-state index in [1.54, 1.807) is 4.90 Å². The zero-order valence-corrected chi connectivity index (χ0v) is 13.7. The molecule has 1 saturated carbocycles. The van der Waals surface area contributed by atoms with E-state index in [0.29, 0.717) is 19.0 Å². The highest BCUT2D eigenvalue weighted by Crippen LogP contribution is 2.39. The van der Waals surface area contributed by atoms with Gasteiger partial charge in [-0.2, -0.15) is 13.2 Å². The van der Waals surface area contributed by atoms with Crippen molar-refractivity contribution in [1.82, 2.24) is 4.90 Å². The number of halogens is 5. The van der Waals surface area contributed by atoms with Crippen LogP contribution in [0.5, 0.6) is 0 Å². The molecular formula is C15H17Cl2F3N2O. The smallest absolute Gasteiger partial charge is 0.338 e. The van der Waals surface area contributed by atoms with Crippen LogP contribution in [0.2, 0.25) is 5.02 Å². The van der Waals surface area contributed by atoms with Gasteiger partial charge in [0.2, 0.25) is 0 Å². The molecule has 2 aliphatic rings. The lowest BCUT2D eigenvalue weighted by molar-refractivity contribution is -0.137. The van der Waals surface area contributed by atoms with Crippen LogP contribution >= 0.6 is 24.0 Å². The first-order chi connectivity index (χ1) is 10.3. The summed E-state index contributed by atoms with van der Waals surface area (Å²) in [6.07, 6.45) is -2.64. The summed E-state index contributed by atoms with van der Waals surface area (Å²) in [4.78, 5) is 14.1. The highest BCUT2D eigenvalue weighted by atomic mass is 35.5. The van der Waals surface area contributed by atoms with Gasteiger partial charge in [-0.05, 0) is 42.9 Å². The number of hydrogen-bond donors (Lipinski definition) is 1. The van der Waals surface area contributed by atoms with E-state index < -0.39 is 16.8 Å². The number of rotatable bonds is 1. The quantitative estimate of drug-likeness (QED) is 0.823. The van der Waals surface area contributed by atoms with Crippen molar-refractivity contribution in [3.05, 3.63) is 34.3 Å². The number of alkyl halides is 3. The fourth-order valence-corrected chi connectivity index (χ4v) is 3.76. The van der Waals surface area contributed by atoms with Crippen LogP contribution in [0.25, 0.3) is 0 Å². The average Bonchev–Trinajstić information content (AvgIpc) is 3.00. The highest BCUT2D eigenvalue weighted by Gasteiger charge is 2.43. The molecular weight excluding hydrogens is 352 g/mol. The predicted octanol–water partition coefficient (Wildman–Crippen LogP) is 3.59. The van der Waals surface area contributed by atoms with E-state index in [9.17, 15) is 18.0 Å². The minimum absolute atomic E-state index is 0. The maximum Gasteiger partial charge on any atom is 0.417 e. The molecule has 3 nitrogen and oxygen atoms in total. The predicted molar refractivity (Wildman–Crippen MR) is 83.8 cm³/mol.